The van der Waals surface area contributed by atoms with Crippen LogP contribution in [0, 0.1) is 25.2 Å². The van der Waals surface area contributed by atoms with Crippen molar-refractivity contribution in [2.75, 3.05) is 5.73 Å². The maximum Gasteiger partial charge on any atom is 0.167 e. The molecule has 4 rings (SSSR count). The van der Waals surface area contributed by atoms with Crippen LogP contribution in [-0.4, -0.2) is 14.5 Å². The Morgan fingerprint density at radius 1 is 1.04 bits per heavy atom. The average Bonchev–Trinajstić information content (AvgIpc) is 2.83. The Kier molecular flexibility index (Phi) is 3.00. The van der Waals surface area contributed by atoms with Crippen LogP contribution >= 0.6 is 0 Å². The molecule has 0 fully saturated rings. The quantitative estimate of drug-likeness (QED) is 0.581. The van der Waals surface area contributed by atoms with Crippen LogP contribution in [0.4, 0.5) is 5.82 Å². The number of rotatable bonds is 1. The van der Waals surface area contributed by atoms with Gasteiger partial charge in [0.1, 0.15) is 23.0 Å². The minimum Gasteiger partial charge on any atom is -0.384 e. The lowest BCUT2D eigenvalue weighted by Gasteiger charge is -2.11. The molecule has 0 saturated carbocycles. The minimum absolute atomic E-state index is 0.364. The fraction of sp³-hybridized carbons (Fsp3) is 0.105. The third-order valence-corrected chi connectivity index (χ3v) is 4.20. The highest BCUT2D eigenvalue weighted by atomic mass is 15.1. The molecule has 0 aliphatic rings. The molecule has 0 atom stereocenters. The van der Waals surface area contributed by atoms with Crippen LogP contribution in [-0.2, 0) is 0 Å². The molecule has 2 heterocycles. The van der Waals surface area contributed by atoms with Gasteiger partial charge in [0.05, 0.1) is 16.7 Å². The fourth-order valence-electron chi connectivity index (χ4n) is 3.07. The number of nitriles is 1. The molecule has 5 nitrogen and oxygen atoms in total. The summed E-state index contributed by atoms with van der Waals surface area (Å²) in [7, 11) is 0. The number of aryl methyl sites for hydroxylation is 2. The molecule has 24 heavy (non-hydrogen) atoms. The number of benzene rings is 2. The molecular weight excluding hydrogens is 298 g/mol. The van der Waals surface area contributed by atoms with Gasteiger partial charge in [0.15, 0.2) is 5.65 Å². The zero-order valence-electron chi connectivity index (χ0n) is 13.4. The predicted molar refractivity (Wildman–Crippen MR) is 95.0 cm³/mol. The number of anilines is 1. The number of nitrogens with zero attached hydrogens (tertiary/aromatic N) is 4. The maximum atomic E-state index is 9.55. The van der Waals surface area contributed by atoms with Crippen LogP contribution < -0.4 is 5.73 Å². The first kappa shape index (κ1) is 14.2. The second-order valence-corrected chi connectivity index (χ2v) is 5.88. The van der Waals surface area contributed by atoms with Gasteiger partial charge in [0, 0.05) is 0 Å². The van der Waals surface area contributed by atoms with Crippen molar-refractivity contribution in [1.29, 1.82) is 5.26 Å². The van der Waals surface area contributed by atoms with E-state index in [1.54, 1.807) is 0 Å². The Hall–Kier alpha value is -3.39. The second kappa shape index (κ2) is 5.07. The lowest BCUT2D eigenvalue weighted by Crippen LogP contribution is -2.03. The lowest BCUT2D eigenvalue weighted by atomic mass is 10.1. The molecule has 5 heteroatoms. The van der Waals surface area contributed by atoms with Gasteiger partial charge in [-0.25, -0.2) is 9.97 Å². The van der Waals surface area contributed by atoms with E-state index in [0.717, 1.165) is 22.3 Å². The van der Waals surface area contributed by atoms with Crippen LogP contribution in [0.3, 0.4) is 0 Å². The summed E-state index contributed by atoms with van der Waals surface area (Å²) in [6.07, 6.45) is 0. The third-order valence-electron chi connectivity index (χ3n) is 4.20. The van der Waals surface area contributed by atoms with Gasteiger partial charge < -0.3 is 5.73 Å². The lowest BCUT2D eigenvalue weighted by molar-refractivity contribution is 1.08. The van der Waals surface area contributed by atoms with Gasteiger partial charge >= 0.3 is 0 Å². The number of fused-ring (bicyclic) bond motifs is 2. The van der Waals surface area contributed by atoms with Crippen molar-refractivity contribution in [3.05, 3.63) is 59.2 Å². The molecule has 0 amide bonds. The number of nitrogens with two attached hydrogens (primary N) is 1. The predicted octanol–water partition coefficient (Wildman–Crippen LogP) is 3.64. The number of nitrogen functional groups attached to an aromatic ring is 1. The topological polar surface area (TPSA) is 80.5 Å². The van der Waals surface area contributed by atoms with E-state index in [2.05, 4.69) is 17.1 Å². The van der Waals surface area contributed by atoms with Crippen molar-refractivity contribution < 1.29 is 0 Å². The molecule has 2 aromatic heterocycles. The largest absolute Gasteiger partial charge is 0.384 e. The Morgan fingerprint density at radius 3 is 2.42 bits per heavy atom. The molecule has 2 N–H and O–H groups in total. The molecule has 0 saturated heterocycles. The fourth-order valence-corrected chi connectivity index (χ4v) is 3.07. The first-order valence-electron chi connectivity index (χ1n) is 7.64. The monoisotopic (exact) mass is 313 g/mol. The second-order valence-electron chi connectivity index (χ2n) is 5.88. The highest BCUT2D eigenvalue weighted by Crippen LogP contribution is 2.31. The standard InChI is InChI=1S/C19H15N5/c1-11-7-8-16(12(2)9-11)24-18(21)13(10-20)17-19(24)23-15-6-4-3-5-14(15)22-17/h3-9H,21H2,1-2H3. The van der Waals surface area contributed by atoms with E-state index in [4.69, 9.17) is 10.7 Å². The molecule has 4 aromatic rings. The Labute approximate surface area is 139 Å². The summed E-state index contributed by atoms with van der Waals surface area (Å²) < 4.78 is 1.82. The summed E-state index contributed by atoms with van der Waals surface area (Å²) in [4.78, 5) is 9.33. The molecule has 0 spiro atoms. The highest BCUT2D eigenvalue weighted by molar-refractivity contribution is 5.93. The summed E-state index contributed by atoms with van der Waals surface area (Å²) >= 11 is 0. The van der Waals surface area contributed by atoms with Crippen molar-refractivity contribution >= 4 is 28.0 Å². The summed E-state index contributed by atoms with van der Waals surface area (Å²) in [5.74, 6) is 0.370. The van der Waals surface area contributed by atoms with Crippen LogP contribution in [0.1, 0.15) is 16.7 Å². The summed E-state index contributed by atoms with van der Waals surface area (Å²) in [5, 5.41) is 9.55. The van der Waals surface area contributed by atoms with Gasteiger partial charge in [-0.2, -0.15) is 5.26 Å². The number of hydrogen-bond donors (Lipinski definition) is 1. The number of hydrogen-bond acceptors (Lipinski definition) is 4. The van der Waals surface area contributed by atoms with Crippen LogP contribution in [0.5, 0.6) is 0 Å². The normalized spacial score (nSPS) is 11.0. The molecule has 0 unspecified atom stereocenters. The van der Waals surface area contributed by atoms with Crippen molar-refractivity contribution in [3.63, 3.8) is 0 Å². The molecule has 0 aliphatic carbocycles. The van der Waals surface area contributed by atoms with Gasteiger partial charge in [-0.15, -0.1) is 0 Å². The van der Waals surface area contributed by atoms with Gasteiger partial charge in [-0.1, -0.05) is 29.8 Å². The smallest absolute Gasteiger partial charge is 0.167 e. The zero-order chi connectivity index (χ0) is 16.8. The van der Waals surface area contributed by atoms with Gasteiger partial charge in [0.2, 0.25) is 0 Å². The van der Waals surface area contributed by atoms with E-state index in [1.165, 1.54) is 5.56 Å². The van der Waals surface area contributed by atoms with Gasteiger partial charge in [-0.05, 0) is 37.6 Å². The molecule has 116 valence electrons. The zero-order valence-corrected chi connectivity index (χ0v) is 13.4. The van der Waals surface area contributed by atoms with E-state index in [9.17, 15) is 5.26 Å². The van der Waals surface area contributed by atoms with E-state index >= 15 is 0 Å². The van der Waals surface area contributed by atoms with E-state index < -0.39 is 0 Å². The van der Waals surface area contributed by atoms with E-state index in [0.29, 0.717) is 22.5 Å². The van der Waals surface area contributed by atoms with Crippen LogP contribution in [0.2, 0.25) is 0 Å². The molecule has 0 bridgehead atoms. The Morgan fingerprint density at radius 2 is 1.75 bits per heavy atom. The first-order chi connectivity index (χ1) is 11.6. The number of aromatic nitrogens is 3. The van der Waals surface area contributed by atoms with E-state index in [1.807, 2.05) is 54.8 Å². The SMILES string of the molecule is Cc1ccc(-n2c(N)c(C#N)c3nc4ccccc4nc32)c(C)c1. The van der Waals surface area contributed by atoms with Gasteiger partial charge in [0.25, 0.3) is 0 Å². The third kappa shape index (κ3) is 1.94. The maximum absolute atomic E-state index is 9.55. The Balaban J connectivity index is 2.17. The minimum atomic E-state index is 0.364. The average molecular weight is 313 g/mol. The highest BCUT2D eigenvalue weighted by Gasteiger charge is 2.20. The summed E-state index contributed by atoms with van der Waals surface area (Å²) in [5.41, 5.74) is 12.5. The molecule has 0 radical (unpaired) electrons. The molecular formula is C19H15N5. The summed E-state index contributed by atoms with van der Waals surface area (Å²) in [6, 6.07) is 15.9. The van der Waals surface area contributed by atoms with Crippen LogP contribution in [0.15, 0.2) is 42.5 Å². The first-order valence-corrected chi connectivity index (χ1v) is 7.64. The van der Waals surface area contributed by atoms with Crippen molar-refractivity contribution in [2.45, 2.75) is 13.8 Å². The van der Waals surface area contributed by atoms with Crippen molar-refractivity contribution in [2.24, 2.45) is 0 Å². The van der Waals surface area contributed by atoms with E-state index in [-0.39, 0.29) is 0 Å². The van der Waals surface area contributed by atoms with Crippen molar-refractivity contribution in [1.82, 2.24) is 14.5 Å². The molecule has 2 aromatic carbocycles. The number of para-hydroxylation sites is 2. The van der Waals surface area contributed by atoms with Crippen molar-refractivity contribution in [3.8, 4) is 11.8 Å². The van der Waals surface area contributed by atoms with Crippen LogP contribution in [0.25, 0.3) is 27.9 Å². The molecule has 0 aliphatic heterocycles. The summed E-state index contributed by atoms with van der Waals surface area (Å²) in [6.45, 7) is 4.07. The Bertz CT molecular complexity index is 1150. The van der Waals surface area contributed by atoms with Gasteiger partial charge in [-0.3, -0.25) is 4.57 Å².